The number of nitrogens with two attached hydrogens (primary N) is 1. The fourth-order valence-electron chi connectivity index (χ4n) is 1.77. The minimum atomic E-state index is 0.614. The maximum atomic E-state index is 5.89. The van der Waals surface area contributed by atoms with Crippen molar-refractivity contribution in [1.82, 2.24) is 5.32 Å². The Morgan fingerprint density at radius 3 is 2.61 bits per heavy atom. The molecule has 0 spiro atoms. The van der Waals surface area contributed by atoms with Gasteiger partial charge in [0.05, 0.1) is 10.7 Å². The quantitative estimate of drug-likeness (QED) is 0.834. The second kappa shape index (κ2) is 5.74. The summed E-state index contributed by atoms with van der Waals surface area (Å²) in [6.45, 7) is 6.00. The maximum absolute atomic E-state index is 5.89. The van der Waals surface area contributed by atoms with Gasteiger partial charge in [-0.2, -0.15) is 0 Å². The van der Waals surface area contributed by atoms with Gasteiger partial charge in [-0.1, -0.05) is 17.7 Å². The summed E-state index contributed by atoms with van der Waals surface area (Å²) in [4.78, 5) is 2.76. The molecule has 0 fully saturated rings. The van der Waals surface area contributed by atoms with Crippen LogP contribution in [0.4, 0.5) is 5.69 Å². The summed E-state index contributed by atoms with van der Waals surface area (Å²) in [6, 6.07) is 7.99. The van der Waals surface area contributed by atoms with Crippen molar-refractivity contribution in [3.63, 3.8) is 0 Å². The van der Waals surface area contributed by atoms with Crippen LogP contribution in [0.5, 0.6) is 0 Å². The van der Waals surface area contributed by atoms with Crippen LogP contribution in [0.2, 0.25) is 5.02 Å². The molecule has 3 N–H and O–H groups in total. The molecule has 4 heteroatoms. The molecular formula is C14H17ClN2S. The van der Waals surface area contributed by atoms with Gasteiger partial charge in [-0.25, -0.2) is 0 Å². The minimum absolute atomic E-state index is 0.614. The molecule has 0 saturated carbocycles. The molecule has 2 nitrogen and oxygen atoms in total. The summed E-state index contributed by atoms with van der Waals surface area (Å²) in [6.07, 6.45) is 0. The highest BCUT2D eigenvalue weighted by molar-refractivity contribution is 7.12. The van der Waals surface area contributed by atoms with E-state index < -0.39 is 0 Å². The molecule has 0 bridgehead atoms. The molecule has 1 heterocycles. The van der Waals surface area contributed by atoms with E-state index in [1.54, 1.807) is 0 Å². The van der Waals surface area contributed by atoms with Crippen LogP contribution in [0.3, 0.4) is 0 Å². The van der Waals surface area contributed by atoms with Gasteiger partial charge in [0, 0.05) is 22.8 Å². The fraction of sp³-hybridized carbons (Fsp3) is 0.286. The SMILES string of the molecule is Cc1cc(CNCc2ccc(Cl)c(N)c2)sc1C. The van der Waals surface area contributed by atoms with Crippen LogP contribution in [0.15, 0.2) is 24.3 Å². The third-order valence-electron chi connectivity index (χ3n) is 2.91. The molecule has 0 aliphatic carbocycles. The van der Waals surface area contributed by atoms with E-state index in [2.05, 4.69) is 25.2 Å². The number of thiophene rings is 1. The van der Waals surface area contributed by atoms with Gasteiger partial charge in [-0.05, 0) is 43.2 Å². The third-order valence-corrected chi connectivity index (χ3v) is 4.40. The predicted molar refractivity (Wildman–Crippen MR) is 80.2 cm³/mol. The third kappa shape index (κ3) is 3.25. The molecule has 96 valence electrons. The average molecular weight is 281 g/mol. The first-order chi connectivity index (χ1) is 8.56. The average Bonchev–Trinajstić information content (AvgIpc) is 2.63. The molecule has 0 aliphatic rings. The van der Waals surface area contributed by atoms with Gasteiger partial charge in [0.2, 0.25) is 0 Å². The van der Waals surface area contributed by atoms with Crippen molar-refractivity contribution in [1.29, 1.82) is 0 Å². The van der Waals surface area contributed by atoms with Gasteiger partial charge in [-0.15, -0.1) is 11.3 Å². The lowest BCUT2D eigenvalue weighted by Gasteiger charge is -2.05. The highest BCUT2D eigenvalue weighted by Gasteiger charge is 2.02. The molecule has 1 aromatic heterocycles. The van der Waals surface area contributed by atoms with Crippen molar-refractivity contribution < 1.29 is 0 Å². The van der Waals surface area contributed by atoms with E-state index in [0.717, 1.165) is 18.7 Å². The van der Waals surface area contributed by atoms with Crippen LogP contribution in [-0.2, 0) is 13.1 Å². The Labute approximate surface area is 117 Å². The number of aryl methyl sites for hydroxylation is 2. The van der Waals surface area contributed by atoms with Crippen molar-refractivity contribution >= 4 is 28.6 Å². The summed E-state index contributed by atoms with van der Waals surface area (Å²) in [5.74, 6) is 0. The molecule has 18 heavy (non-hydrogen) atoms. The summed E-state index contributed by atoms with van der Waals surface area (Å²) >= 11 is 7.73. The first-order valence-electron chi connectivity index (χ1n) is 5.87. The molecular weight excluding hydrogens is 264 g/mol. The van der Waals surface area contributed by atoms with Gasteiger partial charge in [0.1, 0.15) is 0 Å². The van der Waals surface area contributed by atoms with Gasteiger partial charge >= 0.3 is 0 Å². The second-order valence-electron chi connectivity index (χ2n) is 4.41. The number of hydrogen-bond acceptors (Lipinski definition) is 3. The Bertz CT molecular complexity index is 529. The Morgan fingerprint density at radius 1 is 1.22 bits per heavy atom. The summed E-state index contributed by atoms with van der Waals surface area (Å²) in [7, 11) is 0. The number of halogens is 1. The Morgan fingerprint density at radius 2 is 2.00 bits per heavy atom. The first-order valence-corrected chi connectivity index (χ1v) is 7.06. The number of anilines is 1. The summed E-state index contributed by atoms with van der Waals surface area (Å²) in [5.41, 5.74) is 8.93. The molecule has 1 aromatic carbocycles. The summed E-state index contributed by atoms with van der Waals surface area (Å²) < 4.78 is 0. The predicted octanol–water partition coefficient (Wildman–Crippen LogP) is 3.89. The Hall–Kier alpha value is -1.03. The Kier molecular flexibility index (Phi) is 4.27. The molecule has 0 atom stereocenters. The van der Waals surface area contributed by atoms with E-state index >= 15 is 0 Å². The number of nitrogens with one attached hydrogen (secondary N) is 1. The lowest BCUT2D eigenvalue weighted by atomic mass is 10.2. The van der Waals surface area contributed by atoms with Gasteiger partial charge < -0.3 is 11.1 Å². The van der Waals surface area contributed by atoms with Crippen LogP contribution in [0.1, 0.15) is 20.9 Å². The number of rotatable bonds is 4. The lowest BCUT2D eigenvalue weighted by Crippen LogP contribution is -2.11. The largest absolute Gasteiger partial charge is 0.398 e. The van der Waals surface area contributed by atoms with Crippen molar-refractivity contribution in [2.75, 3.05) is 5.73 Å². The molecule has 2 rings (SSSR count). The zero-order valence-corrected chi connectivity index (χ0v) is 12.2. The highest BCUT2D eigenvalue weighted by Crippen LogP contribution is 2.21. The standard InChI is InChI=1S/C14H17ClN2S/c1-9-5-12(18-10(9)2)8-17-7-11-3-4-13(15)14(16)6-11/h3-6,17H,7-8,16H2,1-2H3. The van der Waals surface area contributed by atoms with Gasteiger partial charge in [0.15, 0.2) is 0 Å². The zero-order chi connectivity index (χ0) is 13.1. The van der Waals surface area contributed by atoms with Crippen molar-refractivity contribution in [2.24, 2.45) is 0 Å². The zero-order valence-electron chi connectivity index (χ0n) is 10.6. The van der Waals surface area contributed by atoms with Gasteiger partial charge in [0.25, 0.3) is 0 Å². The monoisotopic (exact) mass is 280 g/mol. The minimum Gasteiger partial charge on any atom is -0.398 e. The second-order valence-corrected chi connectivity index (χ2v) is 6.16. The number of hydrogen-bond donors (Lipinski definition) is 2. The van der Waals surface area contributed by atoms with E-state index in [1.165, 1.54) is 15.3 Å². The summed E-state index contributed by atoms with van der Waals surface area (Å²) in [5, 5.41) is 4.03. The van der Waals surface area contributed by atoms with Crippen molar-refractivity contribution in [3.8, 4) is 0 Å². The Balaban J connectivity index is 1.90. The van der Waals surface area contributed by atoms with E-state index in [4.69, 9.17) is 17.3 Å². The molecule has 0 radical (unpaired) electrons. The molecule has 0 unspecified atom stereocenters. The molecule has 2 aromatic rings. The van der Waals surface area contributed by atoms with Crippen LogP contribution in [0.25, 0.3) is 0 Å². The molecule has 0 aliphatic heterocycles. The van der Waals surface area contributed by atoms with E-state index in [-0.39, 0.29) is 0 Å². The highest BCUT2D eigenvalue weighted by atomic mass is 35.5. The molecule has 0 amide bonds. The van der Waals surface area contributed by atoms with Crippen LogP contribution < -0.4 is 11.1 Å². The molecule has 0 saturated heterocycles. The van der Waals surface area contributed by atoms with E-state index in [1.807, 2.05) is 29.5 Å². The van der Waals surface area contributed by atoms with E-state index in [9.17, 15) is 0 Å². The van der Waals surface area contributed by atoms with Crippen LogP contribution >= 0.6 is 22.9 Å². The van der Waals surface area contributed by atoms with Crippen molar-refractivity contribution in [2.45, 2.75) is 26.9 Å². The topological polar surface area (TPSA) is 38.0 Å². The first kappa shape index (κ1) is 13.4. The smallest absolute Gasteiger partial charge is 0.0635 e. The van der Waals surface area contributed by atoms with Crippen molar-refractivity contribution in [3.05, 3.63) is 50.2 Å². The normalized spacial score (nSPS) is 10.8. The van der Waals surface area contributed by atoms with Gasteiger partial charge in [-0.3, -0.25) is 0 Å². The van der Waals surface area contributed by atoms with Crippen LogP contribution in [0, 0.1) is 13.8 Å². The number of nitrogen functional groups attached to an aromatic ring is 1. The maximum Gasteiger partial charge on any atom is 0.0635 e. The fourth-order valence-corrected chi connectivity index (χ4v) is 2.91. The van der Waals surface area contributed by atoms with Crippen LogP contribution in [-0.4, -0.2) is 0 Å². The number of benzene rings is 1. The lowest BCUT2D eigenvalue weighted by molar-refractivity contribution is 0.701. The van der Waals surface area contributed by atoms with E-state index in [0.29, 0.717) is 10.7 Å².